The van der Waals surface area contributed by atoms with Crippen LogP contribution in [-0.4, -0.2) is 50.8 Å². The molecule has 0 saturated carbocycles. The Bertz CT molecular complexity index is 619. The van der Waals surface area contributed by atoms with E-state index in [-0.39, 0.29) is 12.5 Å². The fraction of sp³-hybridized carbons (Fsp3) is 0.467. The second-order valence-electron chi connectivity index (χ2n) is 5.00. The fourth-order valence-electron chi connectivity index (χ4n) is 2.57. The van der Waals surface area contributed by atoms with Crippen LogP contribution in [0.5, 0.6) is 11.5 Å². The zero-order valence-electron chi connectivity index (χ0n) is 12.8. The highest BCUT2D eigenvalue weighted by Crippen LogP contribution is 2.32. The molecular formula is C15H19NO4S2. The van der Waals surface area contributed by atoms with Gasteiger partial charge in [0, 0.05) is 24.1 Å². The third-order valence-electron chi connectivity index (χ3n) is 3.74. The van der Waals surface area contributed by atoms with Crippen molar-refractivity contribution in [2.45, 2.75) is 18.7 Å². The van der Waals surface area contributed by atoms with Crippen LogP contribution in [0.3, 0.4) is 0 Å². The summed E-state index contributed by atoms with van der Waals surface area (Å²) in [6.45, 7) is 3.64. The zero-order chi connectivity index (χ0) is 16.3. The normalized spacial score (nSPS) is 24.1. The van der Waals surface area contributed by atoms with E-state index in [4.69, 9.17) is 21.7 Å². The molecule has 22 heavy (non-hydrogen) atoms. The van der Waals surface area contributed by atoms with Gasteiger partial charge in [0.2, 0.25) is 5.91 Å². The van der Waals surface area contributed by atoms with Crippen LogP contribution in [0.25, 0.3) is 0 Å². The first-order chi connectivity index (χ1) is 10.4. The van der Waals surface area contributed by atoms with Crippen molar-refractivity contribution in [2.75, 3.05) is 26.0 Å². The highest BCUT2D eigenvalue weighted by molar-refractivity contribution is 7.90. The number of hydrogen-bond donors (Lipinski definition) is 0. The molecule has 2 atom stereocenters. The Morgan fingerprint density at radius 3 is 2.55 bits per heavy atom. The van der Waals surface area contributed by atoms with Crippen LogP contribution in [0.2, 0.25) is 0 Å². The second kappa shape index (κ2) is 6.75. The highest BCUT2D eigenvalue weighted by atomic mass is 32.2. The Hall–Kier alpha value is -1.47. The van der Waals surface area contributed by atoms with Gasteiger partial charge in [-0.15, -0.1) is 0 Å². The van der Waals surface area contributed by atoms with Gasteiger partial charge in [0.25, 0.3) is 0 Å². The van der Waals surface area contributed by atoms with Crippen molar-refractivity contribution < 1.29 is 18.5 Å². The molecule has 1 amide bonds. The quantitative estimate of drug-likeness (QED) is 0.764. The highest BCUT2D eigenvalue weighted by Gasteiger charge is 2.51. The van der Waals surface area contributed by atoms with Crippen molar-refractivity contribution >= 4 is 33.8 Å². The van der Waals surface area contributed by atoms with E-state index in [1.807, 2.05) is 12.1 Å². The first-order valence-corrected chi connectivity index (χ1v) is 8.59. The van der Waals surface area contributed by atoms with Crippen LogP contribution in [0.15, 0.2) is 24.3 Å². The van der Waals surface area contributed by atoms with Gasteiger partial charge in [-0.2, -0.15) is 0 Å². The van der Waals surface area contributed by atoms with E-state index in [2.05, 4.69) is 0 Å². The number of para-hydroxylation sites is 2. The molecule has 1 fully saturated rings. The van der Waals surface area contributed by atoms with Gasteiger partial charge in [0.05, 0.1) is 17.9 Å². The van der Waals surface area contributed by atoms with Crippen molar-refractivity contribution in [1.29, 1.82) is 0 Å². The maximum absolute atomic E-state index is 12.5. The molecule has 1 aromatic carbocycles. The van der Waals surface area contributed by atoms with Crippen LogP contribution >= 0.6 is 12.2 Å². The molecule has 7 heteroatoms. The summed E-state index contributed by atoms with van der Waals surface area (Å²) < 4.78 is 23.6. The molecule has 1 aliphatic heterocycles. The molecule has 2 unspecified atom stereocenters. The number of ether oxygens (including phenoxy) is 2. The van der Waals surface area contributed by atoms with Crippen molar-refractivity contribution in [1.82, 2.24) is 4.90 Å². The summed E-state index contributed by atoms with van der Waals surface area (Å²) in [5.74, 6) is 1.37. The lowest BCUT2D eigenvalue weighted by Crippen LogP contribution is -2.57. The molecule has 1 saturated heterocycles. The Morgan fingerprint density at radius 1 is 1.36 bits per heavy atom. The Labute approximate surface area is 138 Å². The van der Waals surface area contributed by atoms with Crippen LogP contribution in [0, 0.1) is 0 Å². The van der Waals surface area contributed by atoms with Crippen molar-refractivity contribution in [3.8, 4) is 11.5 Å². The van der Waals surface area contributed by atoms with E-state index in [0.29, 0.717) is 28.7 Å². The maximum Gasteiger partial charge on any atom is 0.221 e. The minimum absolute atomic E-state index is 0.0505. The molecule has 0 N–H and O–H groups in total. The standard InChI is InChI=1S/C15H19NO4S2/c1-11(21)15(16(12(2)17)8-9-22(15)18)10-20-14-7-5-4-6-13(14)19-3/h4-7H,8-10H2,1-3H3. The molecule has 120 valence electrons. The fourth-order valence-corrected chi connectivity index (χ4v) is 4.68. The number of nitrogens with zero attached hydrogens (tertiary/aromatic N) is 1. The molecule has 0 bridgehead atoms. The van der Waals surface area contributed by atoms with Crippen LogP contribution in [-0.2, 0) is 15.6 Å². The average molecular weight is 341 g/mol. The SMILES string of the molecule is COc1ccccc1OCC1(C(C)=S)N(C(C)=O)CCS1=O. The molecule has 0 spiro atoms. The van der Waals surface area contributed by atoms with E-state index in [0.717, 1.165) is 0 Å². The molecule has 5 nitrogen and oxygen atoms in total. The Balaban J connectivity index is 2.31. The molecule has 0 radical (unpaired) electrons. The Kier molecular flexibility index (Phi) is 5.18. The minimum Gasteiger partial charge on any atom is -0.493 e. The summed E-state index contributed by atoms with van der Waals surface area (Å²) in [5, 5.41) is 0. The molecule has 1 heterocycles. The number of hydrogen-bond acceptors (Lipinski definition) is 5. The third kappa shape index (κ3) is 2.87. The number of rotatable bonds is 5. The lowest BCUT2D eigenvalue weighted by atomic mass is 10.2. The number of thiocarbonyl (C=S) groups is 1. The zero-order valence-corrected chi connectivity index (χ0v) is 14.5. The second-order valence-corrected chi connectivity index (χ2v) is 7.39. The van der Waals surface area contributed by atoms with E-state index < -0.39 is 15.7 Å². The van der Waals surface area contributed by atoms with E-state index in [1.54, 1.807) is 31.1 Å². The number of methoxy groups -OCH3 is 1. The molecule has 0 aromatic heterocycles. The van der Waals surface area contributed by atoms with Gasteiger partial charge in [-0.3, -0.25) is 9.00 Å². The molecule has 2 rings (SSSR count). The molecule has 1 aromatic rings. The molecular weight excluding hydrogens is 322 g/mol. The van der Waals surface area contributed by atoms with Crippen LogP contribution < -0.4 is 9.47 Å². The summed E-state index contributed by atoms with van der Waals surface area (Å²) in [6.07, 6.45) is 0. The minimum atomic E-state index is -1.28. The number of carbonyl (C=O) groups is 1. The van der Waals surface area contributed by atoms with Gasteiger partial charge >= 0.3 is 0 Å². The van der Waals surface area contributed by atoms with E-state index in [1.165, 1.54) is 6.92 Å². The maximum atomic E-state index is 12.5. The third-order valence-corrected chi connectivity index (χ3v) is 6.15. The van der Waals surface area contributed by atoms with Gasteiger partial charge in [-0.1, -0.05) is 24.4 Å². The van der Waals surface area contributed by atoms with E-state index >= 15 is 0 Å². The van der Waals surface area contributed by atoms with Gasteiger partial charge in [-0.25, -0.2) is 0 Å². The van der Waals surface area contributed by atoms with Crippen LogP contribution in [0.1, 0.15) is 13.8 Å². The largest absolute Gasteiger partial charge is 0.493 e. The summed E-state index contributed by atoms with van der Waals surface area (Å²) in [7, 11) is 0.269. The van der Waals surface area contributed by atoms with Crippen molar-refractivity contribution in [3.05, 3.63) is 24.3 Å². The van der Waals surface area contributed by atoms with Gasteiger partial charge < -0.3 is 14.4 Å². The molecule has 1 aliphatic rings. The van der Waals surface area contributed by atoms with Crippen molar-refractivity contribution in [3.63, 3.8) is 0 Å². The number of benzene rings is 1. The predicted molar refractivity (Wildman–Crippen MR) is 89.9 cm³/mol. The lowest BCUT2D eigenvalue weighted by Gasteiger charge is -2.35. The van der Waals surface area contributed by atoms with Gasteiger partial charge in [-0.05, 0) is 19.1 Å². The van der Waals surface area contributed by atoms with E-state index in [9.17, 15) is 9.00 Å². The summed E-state index contributed by atoms with van der Waals surface area (Å²) in [4.78, 5) is 12.9. The van der Waals surface area contributed by atoms with Crippen LogP contribution in [0.4, 0.5) is 0 Å². The monoisotopic (exact) mass is 341 g/mol. The topological polar surface area (TPSA) is 55.8 Å². The predicted octanol–water partition coefficient (Wildman–Crippen LogP) is 1.77. The molecule has 0 aliphatic carbocycles. The first-order valence-electron chi connectivity index (χ1n) is 6.87. The van der Waals surface area contributed by atoms with Gasteiger partial charge in [0.1, 0.15) is 6.61 Å². The van der Waals surface area contributed by atoms with Gasteiger partial charge in [0.15, 0.2) is 16.4 Å². The first kappa shape index (κ1) is 16.9. The average Bonchev–Trinajstić information content (AvgIpc) is 2.83. The summed E-state index contributed by atoms with van der Waals surface area (Å²) in [5.41, 5.74) is 0. The summed E-state index contributed by atoms with van der Waals surface area (Å²) >= 11 is 5.32. The number of carbonyl (C=O) groups excluding carboxylic acids is 1. The number of amides is 1. The Morgan fingerprint density at radius 2 is 2.00 bits per heavy atom. The summed E-state index contributed by atoms with van der Waals surface area (Å²) in [6, 6.07) is 7.20. The smallest absolute Gasteiger partial charge is 0.221 e. The van der Waals surface area contributed by atoms with Crippen molar-refractivity contribution in [2.24, 2.45) is 0 Å². The lowest BCUT2D eigenvalue weighted by molar-refractivity contribution is -0.130.